The minimum absolute atomic E-state index is 0.203. The number of nitrogens with two attached hydrogens (primary N) is 1. The van der Waals surface area contributed by atoms with Gasteiger partial charge in [-0.25, -0.2) is 0 Å². The number of nitrogens with zero attached hydrogens (tertiary/aromatic N) is 1. The predicted octanol–water partition coefficient (Wildman–Crippen LogP) is 3.33. The molecule has 16 heavy (non-hydrogen) atoms. The number of aromatic nitrogens is 1. The van der Waals surface area contributed by atoms with E-state index in [1.165, 1.54) is 0 Å². The van der Waals surface area contributed by atoms with Crippen LogP contribution in [0, 0.1) is 0 Å². The standard InChI is InChI=1S/C11H10BrClN2O/c12-11-2-1-10(16-11)9(14)5-7-3-4-15-6-8(7)13/h1-4,6,9H,5,14H2. The van der Waals surface area contributed by atoms with Gasteiger partial charge in [-0.3, -0.25) is 4.98 Å². The molecule has 0 aromatic carbocycles. The third-order valence-corrected chi connectivity index (χ3v) is 3.02. The highest BCUT2D eigenvalue weighted by Crippen LogP contribution is 2.24. The van der Waals surface area contributed by atoms with Gasteiger partial charge in [0.1, 0.15) is 5.76 Å². The van der Waals surface area contributed by atoms with Crippen LogP contribution in [0.3, 0.4) is 0 Å². The van der Waals surface area contributed by atoms with Crippen LogP contribution >= 0.6 is 27.5 Å². The molecular formula is C11H10BrClN2O. The van der Waals surface area contributed by atoms with Crippen molar-refractivity contribution in [3.63, 3.8) is 0 Å². The number of hydrogen-bond acceptors (Lipinski definition) is 3. The first-order valence-electron chi connectivity index (χ1n) is 4.76. The molecule has 0 saturated carbocycles. The van der Waals surface area contributed by atoms with Crippen LogP contribution in [0.15, 0.2) is 39.7 Å². The van der Waals surface area contributed by atoms with Crippen LogP contribution < -0.4 is 5.73 Å². The van der Waals surface area contributed by atoms with Crippen molar-refractivity contribution in [3.8, 4) is 0 Å². The van der Waals surface area contributed by atoms with E-state index in [0.717, 1.165) is 11.3 Å². The van der Waals surface area contributed by atoms with E-state index in [-0.39, 0.29) is 6.04 Å². The lowest BCUT2D eigenvalue weighted by Crippen LogP contribution is -2.12. The molecule has 84 valence electrons. The van der Waals surface area contributed by atoms with Gasteiger partial charge in [0, 0.05) is 12.4 Å². The second-order valence-corrected chi connectivity index (χ2v) is 4.61. The molecule has 0 fully saturated rings. The molecule has 3 nitrogen and oxygen atoms in total. The largest absolute Gasteiger partial charge is 0.453 e. The van der Waals surface area contributed by atoms with Gasteiger partial charge in [0.2, 0.25) is 0 Å². The molecule has 0 spiro atoms. The lowest BCUT2D eigenvalue weighted by molar-refractivity contribution is 0.448. The molecule has 0 aliphatic heterocycles. The SMILES string of the molecule is NC(Cc1ccncc1Cl)c1ccc(Br)o1. The zero-order valence-electron chi connectivity index (χ0n) is 8.36. The predicted molar refractivity (Wildman–Crippen MR) is 66.3 cm³/mol. The summed E-state index contributed by atoms with van der Waals surface area (Å²) in [5.74, 6) is 0.736. The van der Waals surface area contributed by atoms with Gasteiger partial charge in [-0.1, -0.05) is 11.6 Å². The number of rotatable bonds is 3. The van der Waals surface area contributed by atoms with Crippen molar-refractivity contribution < 1.29 is 4.42 Å². The van der Waals surface area contributed by atoms with Crippen molar-refractivity contribution in [2.45, 2.75) is 12.5 Å². The molecule has 2 rings (SSSR count). The van der Waals surface area contributed by atoms with Gasteiger partial charge >= 0.3 is 0 Å². The van der Waals surface area contributed by atoms with Gasteiger partial charge in [0.15, 0.2) is 4.67 Å². The molecule has 0 saturated heterocycles. The lowest BCUT2D eigenvalue weighted by atomic mass is 10.1. The van der Waals surface area contributed by atoms with Gasteiger partial charge in [-0.05, 0) is 46.1 Å². The Morgan fingerprint density at radius 2 is 2.25 bits per heavy atom. The van der Waals surface area contributed by atoms with E-state index in [2.05, 4.69) is 20.9 Å². The molecule has 0 amide bonds. The average Bonchev–Trinajstić information content (AvgIpc) is 2.68. The summed E-state index contributed by atoms with van der Waals surface area (Å²) in [5, 5.41) is 0.628. The molecule has 1 unspecified atom stereocenters. The topological polar surface area (TPSA) is 52.0 Å². The zero-order valence-corrected chi connectivity index (χ0v) is 10.7. The van der Waals surface area contributed by atoms with Crippen LogP contribution in [0.5, 0.6) is 0 Å². The average molecular weight is 302 g/mol. The maximum atomic E-state index is 6.02. The van der Waals surface area contributed by atoms with E-state index >= 15 is 0 Å². The Kier molecular flexibility index (Phi) is 3.63. The fraction of sp³-hybridized carbons (Fsp3) is 0.182. The summed E-state index contributed by atoms with van der Waals surface area (Å²) < 4.78 is 6.07. The van der Waals surface area contributed by atoms with Gasteiger partial charge in [-0.2, -0.15) is 0 Å². The number of furan rings is 1. The van der Waals surface area contributed by atoms with E-state index in [4.69, 9.17) is 21.8 Å². The molecule has 2 heterocycles. The minimum Gasteiger partial charge on any atom is -0.453 e. The quantitative estimate of drug-likeness (QED) is 0.946. The fourth-order valence-corrected chi connectivity index (χ4v) is 1.95. The molecule has 0 bridgehead atoms. The van der Waals surface area contributed by atoms with Gasteiger partial charge in [-0.15, -0.1) is 0 Å². The molecule has 2 aromatic heterocycles. The third-order valence-electron chi connectivity index (χ3n) is 2.26. The van der Waals surface area contributed by atoms with E-state index in [1.54, 1.807) is 12.4 Å². The molecule has 1 atom stereocenters. The van der Waals surface area contributed by atoms with Crippen LogP contribution in [0.2, 0.25) is 5.02 Å². The van der Waals surface area contributed by atoms with Crippen molar-refractivity contribution in [2.75, 3.05) is 0 Å². The number of pyridine rings is 1. The van der Waals surface area contributed by atoms with E-state index in [0.29, 0.717) is 16.1 Å². The molecule has 2 aromatic rings. The Morgan fingerprint density at radius 1 is 1.44 bits per heavy atom. The zero-order chi connectivity index (χ0) is 11.5. The molecule has 5 heteroatoms. The molecular weight excluding hydrogens is 291 g/mol. The fourth-order valence-electron chi connectivity index (χ4n) is 1.43. The number of halogens is 2. The summed E-state index contributed by atoms with van der Waals surface area (Å²) >= 11 is 9.25. The maximum absolute atomic E-state index is 6.02. The first kappa shape index (κ1) is 11.6. The minimum atomic E-state index is -0.203. The summed E-state index contributed by atoms with van der Waals surface area (Å²) in [6.07, 6.45) is 3.94. The van der Waals surface area contributed by atoms with Crippen molar-refractivity contribution in [1.29, 1.82) is 0 Å². The van der Waals surface area contributed by atoms with Crippen LogP contribution in [0.25, 0.3) is 0 Å². The molecule has 0 radical (unpaired) electrons. The van der Waals surface area contributed by atoms with Crippen molar-refractivity contribution >= 4 is 27.5 Å². The van der Waals surface area contributed by atoms with E-state index in [1.807, 2.05) is 18.2 Å². The first-order chi connectivity index (χ1) is 7.66. The highest BCUT2D eigenvalue weighted by molar-refractivity contribution is 9.10. The molecule has 2 N–H and O–H groups in total. The Labute approximate surface area is 107 Å². The summed E-state index contributed by atoms with van der Waals surface area (Å²) in [6, 6.07) is 5.33. The summed E-state index contributed by atoms with van der Waals surface area (Å²) in [4.78, 5) is 3.93. The van der Waals surface area contributed by atoms with E-state index < -0.39 is 0 Å². The normalized spacial score (nSPS) is 12.7. The third kappa shape index (κ3) is 2.64. The summed E-state index contributed by atoms with van der Waals surface area (Å²) in [6.45, 7) is 0. The monoisotopic (exact) mass is 300 g/mol. The molecule has 0 aliphatic carbocycles. The van der Waals surface area contributed by atoms with E-state index in [9.17, 15) is 0 Å². The lowest BCUT2D eigenvalue weighted by Gasteiger charge is -2.09. The van der Waals surface area contributed by atoms with Crippen LogP contribution in [-0.4, -0.2) is 4.98 Å². The first-order valence-corrected chi connectivity index (χ1v) is 5.93. The second-order valence-electron chi connectivity index (χ2n) is 3.42. The van der Waals surface area contributed by atoms with Crippen molar-refractivity contribution in [2.24, 2.45) is 5.73 Å². The van der Waals surface area contributed by atoms with Gasteiger partial charge in [0.25, 0.3) is 0 Å². The smallest absolute Gasteiger partial charge is 0.169 e. The van der Waals surface area contributed by atoms with Gasteiger partial charge in [0.05, 0.1) is 11.1 Å². The maximum Gasteiger partial charge on any atom is 0.169 e. The van der Waals surface area contributed by atoms with Crippen LogP contribution in [-0.2, 0) is 6.42 Å². The Hall–Kier alpha value is -0.840. The number of hydrogen-bond donors (Lipinski definition) is 1. The van der Waals surface area contributed by atoms with Crippen LogP contribution in [0.1, 0.15) is 17.4 Å². The Balaban J connectivity index is 2.13. The molecule has 0 aliphatic rings. The summed E-state index contributed by atoms with van der Waals surface area (Å²) in [7, 11) is 0. The van der Waals surface area contributed by atoms with Gasteiger partial charge < -0.3 is 10.2 Å². The second kappa shape index (κ2) is 4.99. The Morgan fingerprint density at radius 3 is 2.88 bits per heavy atom. The van der Waals surface area contributed by atoms with Crippen molar-refractivity contribution in [3.05, 3.63) is 51.6 Å². The summed E-state index contributed by atoms with van der Waals surface area (Å²) in [5.41, 5.74) is 6.98. The highest BCUT2D eigenvalue weighted by Gasteiger charge is 2.12. The van der Waals surface area contributed by atoms with Crippen LogP contribution in [0.4, 0.5) is 0 Å². The van der Waals surface area contributed by atoms with Crippen molar-refractivity contribution in [1.82, 2.24) is 4.98 Å². The Bertz CT molecular complexity index is 486. The highest BCUT2D eigenvalue weighted by atomic mass is 79.9.